The third kappa shape index (κ3) is 5.01. The SMILES string of the molecule is O=[N+]([O-])c1c(NCCN2CCCCC2)ncnc1N1CCN(c2ccccc2F)CC1. The van der Waals surface area contributed by atoms with E-state index in [1.807, 2.05) is 15.9 Å². The lowest BCUT2D eigenvalue weighted by molar-refractivity contribution is -0.383. The molecule has 3 heterocycles. The van der Waals surface area contributed by atoms with E-state index in [0.717, 1.165) is 19.6 Å². The Labute approximate surface area is 181 Å². The second-order valence-electron chi connectivity index (χ2n) is 7.91. The fraction of sp³-hybridized carbons (Fsp3) is 0.524. The molecule has 0 unspecified atom stereocenters. The number of aromatic nitrogens is 2. The molecule has 4 rings (SSSR count). The molecule has 2 fully saturated rings. The van der Waals surface area contributed by atoms with Crippen LogP contribution in [-0.4, -0.2) is 72.1 Å². The van der Waals surface area contributed by atoms with Gasteiger partial charge >= 0.3 is 5.69 Å². The Balaban J connectivity index is 1.43. The van der Waals surface area contributed by atoms with E-state index in [4.69, 9.17) is 0 Å². The summed E-state index contributed by atoms with van der Waals surface area (Å²) in [5.74, 6) is 0.307. The molecule has 2 aromatic rings. The first kappa shape index (κ1) is 21.2. The third-order valence-corrected chi connectivity index (χ3v) is 5.93. The van der Waals surface area contributed by atoms with Gasteiger partial charge in [-0.25, -0.2) is 14.4 Å². The summed E-state index contributed by atoms with van der Waals surface area (Å²) in [7, 11) is 0. The molecule has 0 amide bonds. The van der Waals surface area contributed by atoms with Gasteiger partial charge in [0, 0.05) is 39.3 Å². The zero-order chi connectivity index (χ0) is 21.6. The monoisotopic (exact) mass is 429 g/mol. The molecular weight excluding hydrogens is 401 g/mol. The summed E-state index contributed by atoms with van der Waals surface area (Å²) in [5, 5.41) is 15.0. The fourth-order valence-electron chi connectivity index (χ4n) is 4.28. The van der Waals surface area contributed by atoms with Gasteiger partial charge in [0.25, 0.3) is 0 Å². The van der Waals surface area contributed by atoms with Gasteiger partial charge in [-0.1, -0.05) is 18.6 Å². The lowest BCUT2D eigenvalue weighted by Crippen LogP contribution is -2.47. The molecule has 0 saturated carbocycles. The zero-order valence-electron chi connectivity index (χ0n) is 17.5. The normalized spacial score (nSPS) is 17.6. The Kier molecular flexibility index (Phi) is 6.76. The second-order valence-corrected chi connectivity index (χ2v) is 7.91. The molecule has 10 heteroatoms. The minimum atomic E-state index is -0.415. The van der Waals surface area contributed by atoms with E-state index in [0.29, 0.717) is 44.2 Å². The molecular formula is C21H28FN7O2. The molecule has 2 aliphatic rings. The first-order valence-corrected chi connectivity index (χ1v) is 10.8. The van der Waals surface area contributed by atoms with Crippen LogP contribution >= 0.6 is 0 Å². The summed E-state index contributed by atoms with van der Waals surface area (Å²) in [6, 6.07) is 6.67. The van der Waals surface area contributed by atoms with Gasteiger partial charge in [0.2, 0.25) is 11.6 Å². The van der Waals surface area contributed by atoms with Crippen LogP contribution in [0.15, 0.2) is 30.6 Å². The lowest BCUT2D eigenvalue weighted by atomic mass is 10.1. The van der Waals surface area contributed by atoms with Crippen molar-refractivity contribution in [2.24, 2.45) is 0 Å². The number of piperidine rings is 1. The van der Waals surface area contributed by atoms with E-state index in [1.165, 1.54) is 31.7 Å². The number of nitrogens with zero attached hydrogens (tertiary/aromatic N) is 6. The number of hydrogen-bond acceptors (Lipinski definition) is 8. The van der Waals surface area contributed by atoms with Gasteiger partial charge in [-0.3, -0.25) is 10.1 Å². The molecule has 1 N–H and O–H groups in total. The Hall–Kier alpha value is -3.01. The van der Waals surface area contributed by atoms with Crippen molar-refractivity contribution in [3.63, 3.8) is 0 Å². The van der Waals surface area contributed by atoms with Gasteiger partial charge in [-0.15, -0.1) is 0 Å². The van der Waals surface area contributed by atoms with Crippen molar-refractivity contribution in [1.82, 2.24) is 14.9 Å². The maximum absolute atomic E-state index is 14.1. The smallest absolute Gasteiger partial charge is 0.353 e. The van der Waals surface area contributed by atoms with E-state index >= 15 is 0 Å². The largest absolute Gasteiger partial charge is 0.366 e. The minimum Gasteiger partial charge on any atom is -0.366 e. The van der Waals surface area contributed by atoms with Gasteiger partial charge in [0.15, 0.2) is 0 Å². The number of halogens is 1. The predicted molar refractivity (Wildman–Crippen MR) is 118 cm³/mol. The molecule has 166 valence electrons. The molecule has 0 spiro atoms. The predicted octanol–water partition coefficient (Wildman–Crippen LogP) is 2.75. The summed E-state index contributed by atoms with van der Waals surface area (Å²) in [4.78, 5) is 26.0. The molecule has 0 aliphatic carbocycles. The Bertz CT molecular complexity index is 899. The number of nitro groups is 1. The van der Waals surface area contributed by atoms with Crippen LogP contribution in [0.5, 0.6) is 0 Å². The molecule has 1 aromatic carbocycles. The number of rotatable bonds is 7. The maximum Gasteiger partial charge on any atom is 0.353 e. The quantitative estimate of drug-likeness (QED) is 0.531. The minimum absolute atomic E-state index is 0.0968. The Morgan fingerprint density at radius 3 is 2.42 bits per heavy atom. The summed E-state index contributed by atoms with van der Waals surface area (Å²) < 4.78 is 14.1. The molecule has 0 radical (unpaired) electrons. The summed E-state index contributed by atoms with van der Waals surface area (Å²) in [6.45, 7) is 5.71. The van der Waals surface area contributed by atoms with Crippen molar-refractivity contribution < 1.29 is 9.31 Å². The number of hydrogen-bond donors (Lipinski definition) is 1. The molecule has 2 aliphatic heterocycles. The Morgan fingerprint density at radius 1 is 1.00 bits per heavy atom. The second kappa shape index (κ2) is 9.86. The number of likely N-dealkylation sites (tertiary alicyclic amines) is 1. The van der Waals surface area contributed by atoms with Crippen molar-refractivity contribution in [3.05, 3.63) is 46.5 Å². The zero-order valence-corrected chi connectivity index (χ0v) is 17.5. The molecule has 1 aromatic heterocycles. The molecule has 31 heavy (non-hydrogen) atoms. The summed E-state index contributed by atoms with van der Waals surface area (Å²) >= 11 is 0. The summed E-state index contributed by atoms with van der Waals surface area (Å²) in [5.41, 5.74) is 0.458. The van der Waals surface area contributed by atoms with E-state index in [2.05, 4.69) is 20.2 Å². The average molecular weight is 430 g/mol. The van der Waals surface area contributed by atoms with Crippen molar-refractivity contribution in [2.75, 3.05) is 67.5 Å². The number of piperazine rings is 1. The van der Waals surface area contributed by atoms with Crippen LogP contribution in [0.4, 0.5) is 27.4 Å². The average Bonchev–Trinajstić information content (AvgIpc) is 2.80. The fourth-order valence-corrected chi connectivity index (χ4v) is 4.28. The van der Waals surface area contributed by atoms with Crippen LogP contribution in [-0.2, 0) is 0 Å². The van der Waals surface area contributed by atoms with E-state index in [9.17, 15) is 14.5 Å². The first-order valence-electron chi connectivity index (χ1n) is 10.8. The number of nitrogens with one attached hydrogen (secondary N) is 1. The summed E-state index contributed by atoms with van der Waals surface area (Å²) in [6.07, 6.45) is 5.05. The number of benzene rings is 1. The first-order chi connectivity index (χ1) is 15.1. The molecule has 0 atom stereocenters. The van der Waals surface area contributed by atoms with Crippen LogP contribution < -0.4 is 15.1 Å². The maximum atomic E-state index is 14.1. The van der Waals surface area contributed by atoms with Crippen LogP contribution in [0.25, 0.3) is 0 Å². The highest BCUT2D eigenvalue weighted by atomic mass is 19.1. The van der Waals surface area contributed by atoms with Crippen molar-refractivity contribution >= 4 is 23.0 Å². The van der Waals surface area contributed by atoms with Crippen LogP contribution in [0, 0.1) is 15.9 Å². The topological polar surface area (TPSA) is 90.7 Å². The molecule has 0 bridgehead atoms. The van der Waals surface area contributed by atoms with Crippen LogP contribution in [0.3, 0.4) is 0 Å². The highest BCUT2D eigenvalue weighted by Gasteiger charge is 2.29. The van der Waals surface area contributed by atoms with Crippen molar-refractivity contribution in [1.29, 1.82) is 0 Å². The van der Waals surface area contributed by atoms with Gasteiger partial charge in [-0.05, 0) is 38.1 Å². The molecule has 2 saturated heterocycles. The molecule has 9 nitrogen and oxygen atoms in total. The lowest BCUT2D eigenvalue weighted by Gasteiger charge is -2.36. The highest BCUT2D eigenvalue weighted by Crippen LogP contribution is 2.33. The number of anilines is 3. The highest BCUT2D eigenvalue weighted by molar-refractivity contribution is 5.70. The van der Waals surface area contributed by atoms with E-state index in [1.54, 1.807) is 12.1 Å². The third-order valence-electron chi connectivity index (χ3n) is 5.93. The Morgan fingerprint density at radius 2 is 1.71 bits per heavy atom. The van der Waals surface area contributed by atoms with Gasteiger partial charge in [0.05, 0.1) is 10.6 Å². The van der Waals surface area contributed by atoms with Gasteiger partial charge in [-0.2, -0.15) is 0 Å². The van der Waals surface area contributed by atoms with E-state index < -0.39 is 4.92 Å². The van der Waals surface area contributed by atoms with Crippen LogP contribution in [0.1, 0.15) is 19.3 Å². The standard InChI is InChI=1S/C21H28FN7O2/c22-17-6-2-3-7-18(17)27-12-14-28(15-13-27)21-19(29(30)31)20(24-16-25-21)23-8-11-26-9-4-1-5-10-26/h2-3,6-7,16H,1,4-5,8-15H2,(H,23,24,25). The number of para-hydroxylation sites is 1. The van der Waals surface area contributed by atoms with Crippen molar-refractivity contribution in [3.8, 4) is 0 Å². The van der Waals surface area contributed by atoms with Crippen LogP contribution in [0.2, 0.25) is 0 Å². The van der Waals surface area contributed by atoms with Gasteiger partial charge < -0.3 is 20.0 Å². The van der Waals surface area contributed by atoms with Crippen molar-refractivity contribution in [2.45, 2.75) is 19.3 Å². The van der Waals surface area contributed by atoms with Gasteiger partial charge in [0.1, 0.15) is 12.1 Å². The van der Waals surface area contributed by atoms with E-state index in [-0.39, 0.29) is 17.3 Å².